The topological polar surface area (TPSA) is 156 Å². The van der Waals surface area contributed by atoms with Gasteiger partial charge in [-0.05, 0) is 24.3 Å². The molecule has 1 aromatic carbocycles. The Morgan fingerprint density at radius 1 is 1.18 bits per heavy atom. The zero-order valence-electron chi connectivity index (χ0n) is 17.9. The SMILES string of the molecule is O=C[C@@H](CC(=O)O)NC(=O)C(CCCNS(=O)(=O)c1ncoc1-c1ccccc1)c1cccs1. The molecule has 3 rings (SSSR count). The molecular weight excluding hydrogens is 482 g/mol. The number of aromatic nitrogens is 1. The van der Waals surface area contributed by atoms with Gasteiger partial charge < -0.3 is 19.6 Å². The quantitative estimate of drug-likeness (QED) is 0.236. The van der Waals surface area contributed by atoms with Crippen molar-refractivity contribution < 1.29 is 32.3 Å². The Labute approximate surface area is 200 Å². The third-order valence-corrected chi connectivity index (χ3v) is 7.25. The molecule has 0 radical (unpaired) electrons. The molecule has 0 saturated heterocycles. The van der Waals surface area contributed by atoms with Crippen LogP contribution in [-0.4, -0.2) is 49.3 Å². The van der Waals surface area contributed by atoms with Crippen molar-refractivity contribution in [2.45, 2.75) is 36.2 Å². The number of carboxylic acids is 1. The Kier molecular flexibility index (Phi) is 8.68. The molecule has 10 nitrogen and oxygen atoms in total. The van der Waals surface area contributed by atoms with Crippen molar-refractivity contribution in [3.63, 3.8) is 0 Å². The minimum Gasteiger partial charge on any atom is -0.481 e. The summed E-state index contributed by atoms with van der Waals surface area (Å²) in [7, 11) is -3.97. The number of benzene rings is 1. The minimum atomic E-state index is -3.97. The lowest BCUT2D eigenvalue weighted by Crippen LogP contribution is -2.40. The highest BCUT2D eigenvalue weighted by molar-refractivity contribution is 7.89. The van der Waals surface area contributed by atoms with Crippen LogP contribution in [0.15, 0.2) is 63.7 Å². The van der Waals surface area contributed by atoms with Gasteiger partial charge in [-0.2, -0.15) is 0 Å². The zero-order chi connectivity index (χ0) is 24.6. The van der Waals surface area contributed by atoms with Crippen molar-refractivity contribution in [2.75, 3.05) is 6.54 Å². The highest BCUT2D eigenvalue weighted by atomic mass is 32.2. The van der Waals surface area contributed by atoms with Gasteiger partial charge in [0.1, 0.15) is 6.29 Å². The summed E-state index contributed by atoms with van der Waals surface area (Å²) >= 11 is 1.34. The Hall–Kier alpha value is -3.35. The van der Waals surface area contributed by atoms with Crippen LogP contribution in [0.4, 0.5) is 0 Å². The first kappa shape index (κ1) is 25.3. The smallest absolute Gasteiger partial charge is 0.305 e. The standard InChI is InChI=1S/C22H23N3O7S2/c26-13-16(12-19(27)28)25-21(29)17(18-9-5-11-33-18)8-4-10-24-34(30,31)22-20(32-14-23-22)15-6-2-1-3-7-15/h1-3,5-7,9,11,13-14,16-17,24H,4,8,10,12H2,(H,25,29)(H,27,28)/t16-,17?/m1/s1. The normalized spacial score (nSPS) is 13.2. The number of aldehydes is 1. The maximum atomic E-state index is 12.8. The number of hydrogen-bond donors (Lipinski definition) is 3. The second-order valence-corrected chi connectivity index (χ2v) is 9.97. The van der Waals surface area contributed by atoms with Crippen LogP contribution >= 0.6 is 11.3 Å². The summed E-state index contributed by atoms with van der Waals surface area (Å²) in [5.74, 6) is -2.23. The van der Waals surface area contributed by atoms with Gasteiger partial charge in [0, 0.05) is 17.0 Å². The molecule has 1 unspecified atom stereocenters. The van der Waals surface area contributed by atoms with E-state index in [-0.39, 0.29) is 23.8 Å². The second kappa shape index (κ2) is 11.7. The van der Waals surface area contributed by atoms with Gasteiger partial charge in [-0.25, -0.2) is 18.1 Å². The molecule has 0 saturated carbocycles. The monoisotopic (exact) mass is 505 g/mol. The summed E-state index contributed by atoms with van der Waals surface area (Å²) in [4.78, 5) is 39.3. The fourth-order valence-corrected chi connectivity index (χ4v) is 5.29. The first-order valence-corrected chi connectivity index (χ1v) is 12.7. The molecule has 0 aliphatic heterocycles. The minimum absolute atomic E-state index is 0.0326. The molecule has 34 heavy (non-hydrogen) atoms. The van der Waals surface area contributed by atoms with Gasteiger partial charge in [0.15, 0.2) is 12.2 Å². The largest absolute Gasteiger partial charge is 0.481 e. The predicted molar refractivity (Wildman–Crippen MR) is 124 cm³/mol. The molecule has 0 fully saturated rings. The average molecular weight is 506 g/mol. The maximum absolute atomic E-state index is 12.8. The van der Waals surface area contributed by atoms with Crippen LogP contribution < -0.4 is 10.0 Å². The first-order chi connectivity index (χ1) is 16.3. The highest BCUT2D eigenvalue weighted by Crippen LogP contribution is 2.27. The molecule has 12 heteroatoms. The van der Waals surface area contributed by atoms with E-state index in [1.54, 1.807) is 47.8 Å². The number of nitrogens with zero attached hydrogens (tertiary/aromatic N) is 1. The lowest BCUT2D eigenvalue weighted by molar-refractivity contribution is -0.138. The number of oxazole rings is 1. The number of sulfonamides is 1. The summed E-state index contributed by atoms with van der Waals surface area (Å²) in [6.07, 6.45) is 1.51. The van der Waals surface area contributed by atoms with Crippen LogP contribution in [0.3, 0.4) is 0 Å². The van der Waals surface area contributed by atoms with Crippen LogP contribution in [0, 0.1) is 0 Å². The van der Waals surface area contributed by atoms with Crippen molar-refractivity contribution in [3.05, 3.63) is 59.1 Å². The second-order valence-electron chi connectivity index (χ2n) is 7.31. The van der Waals surface area contributed by atoms with Crippen LogP contribution in [0.2, 0.25) is 0 Å². The lowest BCUT2D eigenvalue weighted by atomic mass is 9.99. The molecule has 0 aliphatic rings. The average Bonchev–Trinajstić information content (AvgIpc) is 3.51. The molecule has 180 valence electrons. The number of amides is 1. The van der Waals surface area contributed by atoms with E-state index < -0.39 is 40.3 Å². The highest BCUT2D eigenvalue weighted by Gasteiger charge is 2.27. The fourth-order valence-electron chi connectivity index (χ4n) is 3.29. The summed E-state index contributed by atoms with van der Waals surface area (Å²) in [6, 6.07) is 11.1. The van der Waals surface area contributed by atoms with E-state index in [9.17, 15) is 22.8 Å². The summed E-state index contributed by atoms with van der Waals surface area (Å²) in [5.41, 5.74) is 0.570. The van der Waals surface area contributed by atoms with Crippen molar-refractivity contribution in [1.29, 1.82) is 0 Å². The van der Waals surface area contributed by atoms with Gasteiger partial charge in [0.25, 0.3) is 10.0 Å². The number of hydrogen-bond acceptors (Lipinski definition) is 8. The Bertz CT molecular complexity index is 1210. The van der Waals surface area contributed by atoms with E-state index in [0.29, 0.717) is 18.3 Å². The molecule has 3 N–H and O–H groups in total. The van der Waals surface area contributed by atoms with Crippen molar-refractivity contribution in [2.24, 2.45) is 0 Å². The Morgan fingerprint density at radius 3 is 2.59 bits per heavy atom. The van der Waals surface area contributed by atoms with Gasteiger partial charge in [0.2, 0.25) is 10.9 Å². The number of thiophene rings is 1. The number of carbonyl (C=O) groups excluding carboxylic acids is 2. The molecule has 2 atom stereocenters. The molecule has 0 aliphatic carbocycles. The zero-order valence-corrected chi connectivity index (χ0v) is 19.6. The van der Waals surface area contributed by atoms with E-state index in [2.05, 4.69) is 15.0 Å². The van der Waals surface area contributed by atoms with Crippen molar-refractivity contribution >= 4 is 39.5 Å². The van der Waals surface area contributed by atoms with Gasteiger partial charge in [-0.3, -0.25) is 9.59 Å². The summed E-state index contributed by atoms with van der Waals surface area (Å²) in [5, 5.41) is 12.9. The lowest BCUT2D eigenvalue weighted by Gasteiger charge is -2.18. The maximum Gasteiger partial charge on any atom is 0.305 e. The number of carbonyl (C=O) groups is 3. The molecular formula is C22H23N3O7S2. The molecule has 0 bridgehead atoms. The van der Waals surface area contributed by atoms with Gasteiger partial charge in [-0.1, -0.05) is 36.4 Å². The molecule has 2 aromatic heterocycles. The van der Waals surface area contributed by atoms with Crippen molar-refractivity contribution in [3.8, 4) is 11.3 Å². The molecule has 3 aromatic rings. The van der Waals surface area contributed by atoms with Gasteiger partial charge in [-0.15, -0.1) is 11.3 Å². The van der Waals surface area contributed by atoms with Crippen LogP contribution in [-0.2, 0) is 24.4 Å². The van der Waals surface area contributed by atoms with Crippen LogP contribution in [0.1, 0.15) is 30.1 Å². The number of aliphatic carboxylic acids is 1. The van der Waals surface area contributed by atoms with E-state index in [4.69, 9.17) is 9.52 Å². The summed E-state index contributed by atoms with van der Waals surface area (Å²) in [6.45, 7) is 0.0326. The molecule has 1 amide bonds. The number of nitrogens with one attached hydrogen (secondary N) is 2. The van der Waals surface area contributed by atoms with Gasteiger partial charge >= 0.3 is 5.97 Å². The third-order valence-electron chi connectivity index (χ3n) is 4.88. The first-order valence-electron chi connectivity index (χ1n) is 10.3. The Morgan fingerprint density at radius 2 is 1.94 bits per heavy atom. The molecule has 0 spiro atoms. The van der Waals surface area contributed by atoms with Crippen LogP contribution in [0.25, 0.3) is 11.3 Å². The molecule has 2 heterocycles. The van der Waals surface area contributed by atoms with Crippen LogP contribution in [0.5, 0.6) is 0 Å². The number of carboxylic acid groups (broad SMARTS) is 1. The van der Waals surface area contributed by atoms with E-state index in [1.807, 2.05) is 0 Å². The third kappa shape index (κ3) is 6.59. The Balaban J connectivity index is 1.63. The van der Waals surface area contributed by atoms with E-state index >= 15 is 0 Å². The number of rotatable bonds is 13. The fraction of sp³-hybridized carbons (Fsp3) is 0.273. The van der Waals surface area contributed by atoms with Gasteiger partial charge in [0.05, 0.1) is 18.4 Å². The predicted octanol–water partition coefficient (Wildman–Crippen LogP) is 2.40. The van der Waals surface area contributed by atoms with E-state index in [0.717, 1.165) is 11.3 Å². The van der Waals surface area contributed by atoms with Crippen molar-refractivity contribution in [1.82, 2.24) is 15.0 Å². The van der Waals surface area contributed by atoms with E-state index in [1.165, 1.54) is 11.3 Å². The summed E-state index contributed by atoms with van der Waals surface area (Å²) < 4.78 is 33.3.